The second-order valence-electron chi connectivity index (χ2n) is 4.43. The van der Waals surface area contributed by atoms with Crippen molar-refractivity contribution < 1.29 is 19.4 Å². The normalized spacial score (nSPS) is 10.5. The fourth-order valence-electron chi connectivity index (χ4n) is 1.68. The van der Waals surface area contributed by atoms with Crippen LogP contribution in [0.15, 0.2) is 58.1 Å². The van der Waals surface area contributed by atoms with Gasteiger partial charge in [-0.05, 0) is 36.4 Å². The van der Waals surface area contributed by atoms with E-state index in [1.807, 2.05) is 0 Å². The number of carbonyl (C=O) groups is 2. The fourth-order valence-corrected chi connectivity index (χ4v) is 1.95. The van der Waals surface area contributed by atoms with Crippen molar-refractivity contribution in [2.75, 3.05) is 6.61 Å². The third-order valence-corrected chi connectivity index (χ3v) is 3.27. The van der Waals surface area contributed by atoms with E-state index >= 15 is 0 Å². The number of amides is 1. The van der Waals surface area contributed by atoms with Crippen molar-refractivity contribution in [2.24, 2.45) is 5.10 Å². The van der Waals surface area contributed by atoms with E-state index in [9.17, 15) is 9.59 Å². The lowest BCUT2D eigenvalue weighted by atomic mass is 10.2. The number of ether oxygens (including phenoxy) is 1. The van der Waals surface area contributed by atoms with Gasteiger partial charge in [0, 0.05) is 15.6 Å². The van der Waals surface area contributed by atoms with Crippen LogP contribution < -0.4 is 10.2 Å². The molecule has 0 radical (unpaired) electrons. The average Bonchev–Trinajstić information content (AvgIpc) is 2.54. The first-order valence-electron chi connectivity index (χ1n) is 6.59. The Morgan fingerprint density at radius 3 is 2.57 bits per heavy atom. The van der Waals surface area contributed by atoms with E-state index in [2.05, 4.69) is 26.5 Å². The topological polar surface area (TPSA) is 88.0 Å². The Hall–Kier alpha value is -2.67. The quantitative estimate of drug-likeness (QED) is 0.599. The maximum Gasteiger partial charge on any atom is 0.341 e. The highest BCUT2D eigenvalue weighted by Crippen LogP contribution is 2.15. The van der Waals surface area contributed by atoms with Crippen molar-refractivity contribution in [1.82, 2.24) is 5.43 Å². The van der Waals surface area contributed by atoms with E-state index in [0.717, 1.165) is 4.47 Å². The summed E-state index contributed by atoms with van der Waals surface area (Å²) in [5.41, 5.74) is 3.44. The van der Waals surface area contributed by atoms with Gasteiger partial charge in [-0.1, -0.05) is 28.1 Å². The number of carbonyl (C=O) groups excluding carboxylic acids is 1. The molecule has 1 amide bonds. The summed E-state index contributed by atoms with van der Waals surface area (Å²) in [4.78, 5) is 22.4. The third-order valence-electron chi connectivity index (χ3n) is 2.75. The van der Waals surface area contributed by atoms with Gasteiger partial charge in [-0.3, -0.25) is 4.79 Å². The number of nitrogens with zero attached hydrogens (tertiary/aromatic N) is 1. The van der Waals surface area contributed by atoms with Crippen LogP contribution in [-0.2, 0) is 4.79 Å². The molecule has 0 bridgehead atoms. The molecular formula is C16H13BrN2O4. The molecule has 0 unspecified atom stereocenters. The zero-order valence-corrected chi connectivity index (χ0v) is 13.5. The van der Waals surface area contributed by atoms with E-state index in [-0.39, 0.29) is 5.91 Å². The highest BCUT2D eigenvalue weighted by Gasteiger charge is 2.05. The van der Waals surface area contributed by atoms with Crippen LogP contribution in [0.1, 0.15) is 15.9 Å². The van der Waals surface area contributed by atoms with Gasteiger partial charge in [0.2, 0.25) is 0 Å². The van der Waals surface area contributed by atoms with Crippen LogP contribution in [0.2, 0.25) is 0 Å². The van der Waals surface area contributed by atoms with Crippen molar-refractivity contribution >= 4 is 34.0 Å². The van der Waals surface area contributed by atoms with Gasteiger partial charge in [0.1, 0.15) is 5.75 Å². The molecule has 0 aliphatic carbocycles. The molecule has 2 rings (SSSR count). The monoisotopic (exact) mass is 376 g/mol. The van der Waals surface area contributed by atoms with Gasteiger partial charge in [0.25, 0.3) is 5.91 Å². The zero-order valence-electron chi connectivity index (χ0n) is 11.9. The smallest absolute Gasteiger partial charge is 0.341 e. The number of para-hydroxylation sites is 1. The van der Waals surface area contributed by atoms with Gasteiger partial charge in [-0.2, -0.15) is 5.10 Å². The molecule has 2 aromatic carbocycles. The summed E-state index contributed by atoms with van der Waals surface area (Å²) in [6.07, 6.45) is 1.40. The SMILES string of the molecule is O=C(O)COc1ccccc1/C=N\NC(=O)c1ccc(Br)cc1. The standard InChI is InChI=1S/C16H13BrN2O4/c17-13-7-5-11(6-8-13)16(22)19-18-9-12-3-1-2-4-14(12)23-10-15(20)21/h1-9H,10H2,(H,19,22)(H,20,21)/b18-9-. The van der Waals surface area contributed by atoms with E-state index in [1.54, 1.807) is 48.5 Å². The molecule has 0 heterocycles. The first-order chi connectivity index (χ1) is 11.1. The number of aliphatic carboxylic acids is 1. The minimum absolute atomic E-state index is 0.349. The summed E-state index contributed by atoms with van der Waals surface area (Å²) >= 11 is 3.29. The molecule has 2 aromatic rings. The third kappa shape index (κ3) is 5.23. The molecule has 6 nitrogen and oxygen atoms in total. The van der Waals surface area contributed by atoms with E-state index in [4.69, 9.17) is 9.84 Å². The molecule has 0 saturated carbocycles. The van der Waals surface area contributed by atoms with E-state index < -0.39 is 12.6 Å². The first kappa shape index (κ1) is 16.7. The van der Waals surface area contributed by atoms with E-state index in [1.165, 1.54) is 6.21 Å². The summed E-state index contributed by atoms with van der Waals surface area (Å²) in [6.45, 7) is -0.448. The van der Waals surface area contributed by atoms with E-state index in [0.29, 0.717) is 16.9 Å². The maximum absolute atomic E-state index is 11.9. The number of hydrogen-bond donors (Lipinski definition) is 2. The minimum Gasteiger partial charge on any atom is -0.481 e. The van der Waals surface area contributed by atoms with Crippen LogP contribution >= 0.6 is 15.9 Å². The van der Waals surface area contributed by atoms with Crippen molar-refractivity contribution in [3.63, 3.8) is 0 Å². The van der Waals surface area contributed by atoms with Crippen LogP contribution in [0.25, 0.3) is 0 Å². The Bertz CT molecular complexity index is 729. The van der Waals surface area contributed by atoms with Gasteiger partial charge < -0.3 is 9.84 Å². The van der Waals surface area contributed by atoms with Crippen molar-refractivity contribution in [1.29, 1.82) is 0 Å². The molecular weight excluding hydrogens is 364 g/mol. The van der Waals surface area contributed by atoms with Crippen molar-refractivity contribution in [2.45, 2.75) is 0 Å². The Morgan fingerprint density at radius 2 is 1.87 bits per heavy atom. The van der Waals surface area contributed by atoms with Crippen molar-refractivity contribution in [3.05, 3.63) is 64.1 Å². The van der Waals surface area contributed by atoms with Gasteiger partial charge in [0.15, 0.2) is 6.61 Å². The summed E-state index contributed by atoms with van der Waals surface area (Å²) in [7, 11) is 0. The predicted octanol–water partition coefficient (Wildman–Crippen LogP) is 2.68. The molecule has 0 aliphatic rings. The highest BCUT2D eigenvalue weighted by atomic mass is 79.9. The molecule has 0 aliphatic heterocycles. The average molecular weight is 377 g/mol. The van der Waals surface area contributed by atoms with Crippen LogP contribution in [0.3, 0.4) is 0 Å². The number of hydrazone groups is 1. The molecule has 0 aromatic heterocycles. The summed E-state index contributed by atoms with van der Waals surface area (Å²) < 4.78 is 6.02. The molecule has 0 atom stereocenters. The Morgan fingerprint density at radius 1 is 1.17 bits per heavy atom. The van der Waals surface area contributed by atoms with Crippen LogP contribution in [-0.4, -0.2) is 29.8 Å². The largest absolute Gasteiger partial charge is 0.481 e. The highest BCUT2D eigenvalue weighted by molar-refractivity contribution is 9.10. The lowest BCUT2D eigenvalue weighted by Gasteiger charge is -2.06. The number of hydrogen-bond acceptors (Lipinski definition) is 4. The zero-order chi connectivity index (χ0) is 16.7. The molecule has 7 heteroatoms. The minimum atomic E-state index is -1.07. The Labute approximate surface area is 140 Å². The first-order valence-corrected chi connectivity index (χ1v) is 7.38. The summed E-state index contributed by atoms with van der Waals surface area (Å²) in [6, 6.07) is 13.6. The maximum atomic E-state index is 11.9. The molecule has 118 valence electrons. The van der Waals surface area contributed by atoms with Gasteiger partial charge in [0.05, 0.1) is 6.21 Å². The predicted molar refractivity (Wildman–Crippen MR) is 88.8 cm³/mol. The number of rotatable bonds is 6. The number of carboxylic acid groups (broad SMARTS) is 1. The molecule has 0 fully saturated rings. The number of nitrogens with one attached hydrogen (secondary N) is 1. The summed E-state index contributed by atoms with van der Waals surface area (Å²) in [5, 5.41) is 12.5. The van der Waals surface area contributed by atoms with Crippen LogP contribution in [0.4, 0.5) is 0 Å². The second-order valence-corrected chi connectivity index (χ2v) is 5.34. The van der Waals surface area contributed by atoms with Gasteiger partial charge in [-0.15, -0.1) is 0 Å². The Kier molecular flexibility index (Phi) is 5.87. The number of halogens is 1. The molecule has 23 heavy (non-hydrogen) atoms. The Balaban J connectivity index is 2.01. The molecule has 0 saturated heterocycles. The molecule has 0 spiro atoms. The van der Waals surface area contributed by atoms with Crippen LogP contribution in [0.5, 0.6) is 5.75 Å². The lowest BCUT2D eigenvalue weighted by Crippen LogP contribution is -2.17. The summed E-state index contributed by atoms with van der Waals surface area (Å²) in [5.74, 6) is -1.05. The van der Waals surface area contributed by atoms with Gasteiger partial charge >= 0.3 is 5.97 Å². The number of carboxylic acids is 1. The van der Waals surface area contributed by atoms with Gasteiger partial charge in [-0.25, -0.2) is 10.2 Å². The van der Waals surface area contributed by atoms with Crippen LogP contribution in [0, 0.1) is 0 Å². The number of benzene rings is 2. The molecule has 2 N–H and O–H groups in total. The fraction of sp³-hybridized carbons (Fsp3) is 0.0625. The van der Waals surface area contributed by atoms with Crippen molar-refractivity contribution in [3.8, 4) is 5.75 Å². The second kappa shape index (κ2) is 8.09. The lowest BCUT2D eigenvalue weighted by molar-refractivity contribution is -0.139.